The number of anilines is 1. The van der Waals surface area contributed by atoms with Crippen LogP contribution in [0.1, 0.15) is 56.1 Å². The maximum atomic E-state index is 10.9. The summed E-state index contributed by atoms with van der Waals surface area (Å²) in [6.45, 7) is 8.05. The van der Waals surface area contributed by atoms with Gasteiger partial charge in [-0.15, -0.1) is 0 Å². The Morgan fingerprint density at radius 2 is 1.89 bits per heavy atom. The lowest BCUT2D eigenvalue weighted by atomic mass is 9.90. The first-order valence-corrected chi connectivity index (χ1v) is 6.33. The van der Waals surface area contributed by atoms with Crippen LogP contribution >= 0.6 is 0 Å². The maximum Gasteiger partial charge on any atom is 0.339 e. The summed E-state index contributed by atoms with van der Waals surface area (Å²) in [6.07, 6.45) is 4.29. The van der Waals surface area contributed by atoms with Gasteiger partial charge in [0, 0.05) is 11.7 Å². The zero-order valence-electron chi connectivity index (χ0n) is 11.4. The summed E-state index contributed by atoms with van der Waals surface area (Å²) < 4.78 is 0. The number of rotatable bonds is 6. The molecular weight excluding hydrogens is 230 g/mol. The van der Waals surface area contributed by atoms with Crippen molar-refractivity contribution in [3.05, 3.63) is 17.5 Å². The molecule has 0 radical (unpaired) electrons. The van der Waals surface area contributed by atoms with Gasteiger partial charge in [0.05, 0.1) is 11.3 Å². The molecule has 0 bridgehead atoms. The number of aryl methyl sites for hydroxylation is 1. The van der Waals surface area contributed by atoms with Crippen molar-refractivity contribution < 1.29 is 9.90 Å². The Hall–Kier alpha value is -1.65. The average molecular weight is 251 g/mol. The van der Waals surface area contributed by atoms with Gasteiger partial charge in [0.2, 0.25) is 5.95 Å². The van der Waals surface area contributed by atoms with Crippen LogP contribution < -0.4 is 5.32 Å². The molecule has 5 nitrogen and oxygen atoms in total. The SMILES string of the molecule is CCC(CC)(CC)Nc1ncc(C(=O)O)c(C)n1. The molecule has 0 amide bonds. The molecule has 100 valence electrons. The van der Waals surface area contributed by atoms with Crippen molar-refractivity contribution in [2.75, 3.05) is 5.32 Å². The number of carboxylic acids is 1. The standard InChI is InChI=1S/C13H21N3O2/c1-5-13(6-2,7-3)16-12-14-8-10(11(17)18)9(4)15-12/h8H,5-7H2,1-4H3,(H,17,18)(H,14,15,16). The first kappa shape index (κ1) is 14.4. The molecule has 1 rings (SSSR count). The fourth-order valence-corrected chi connectivity index (χ4v) is 1.99. The van der Waals surface area contributed by atoms with Gasteiger partial charge in [0.25, 0.3) is 0 Å². The smallest absolute Gasteiger partial charge is 0.339 e. The minimum atomic E-state index is -0.994. The second kappa shape index (κ2) is 5.80. The third-order valence-corrected chi connectivity index (χ3v) is 3.62. The van der Waals surface area contributed by atoms with Gasteiger partial charge in [-0.2, -0.15) is 0 Å². The first-order chi connectivity index (χ1) is 8.48. The van der Waals surface area contributed by atoms with E-state index >= 15 is 0 Å². The van der Waals surface area contributed by atoms with Crippen molar-refractivity contribution in [1.29, 1.82) is 0 Å². The largest absolute Gasteiger partial charge is 0.478 e. The molecule has 1 aromatic heterocycles. The second-order valence-corrected chi connectivity index (χ2v) is 4.46. The summed E-state index contributed by atoms with van der Waals surface area (Å²) >= 11 is 0. The topological polar surface area (TPSA) is 75.1 Å². The van der Waals surface area contributed by atoms with E-state index in [1.54, 1.807) is 6.92 Å². The third-order valence-electron chi connectivity index (χ3n) is 3.62. The Labute approximate surface area is 108 Å². The highest BCUT2D eigenvalue weighted by Gasteiger charge is 2.24. The van der Waals surface area contributed by atoms with Crippen molar-refractivity contribution in [3.8, 4) is 0 Å². The Bertz CT molecular complexity index is 420. The van der Waals surface area contributed by atoms with Crippen LogP contribution in [0.2, 0.25) is 0 Å². The Kier molecular flexibility index (Phi) is 4.64. The minimum Gasteiger partial charge on any atom is -0.478 e. The van der Waals surface area contributed by atoms with E-state index < -0.39 is 5.97 Å². The fraction of sp³-hybridized carbons (Fsp3) is 0.615. The van der Waals surface area contributed by atoms with Gasteiger partial charge in [-0.3, -0.25) is 0 Å². The van der Waals surface area contributed by atoms with Crippen molar-refractivity contribution >= 4 is 11.9 Å². The molecule has 0 fully saturated rings. The lowest BCUT2D eigenvalue weighted by Crippen LogP contribution is -2.37. The Morgan fingerprint density at radius 1 is 1.33 bits per heavy atom. The summed E-state index contributed by atoms with van der Waals surface area (Å²) in [5.41, 5.74) is 0.616. The van der Waals surface area contributed by atoms with E-state index in [1.165, 1.54) is 6.20 Å². The van der Waals surface area contributed by atoms with Crippen LogP contribution in [0.15, 0.2) is 6.20 Å². The quantitative estimate of drug-likeness (QED) is 0.813. The van der Waals surface area contributed by atoms with Crippen molar-refractivity contribution in [3.63, 3.8) is 0 Å². The monoisotopic (exact) mass is 251 g/mol. The van der Waals surface area contributed by atoms with E-state index in [4.69, 9.17) is 5.11 Å². The van der Waals surface area contributed by atoms with E-state index in [9.17, 15) is 4.79 Å². The van der Waals surface area contributed by atoms with Crippen LogP contribution in [-0.4, -0.2) is 26.6 Å². The van der Waals surface area contributed by atoms with E-state index in [0.29, 0.717) is 11.6 Å². The predicted molar refractivity (Wildman–Crippen MR) is 71.0 cm³/mol. The number of carbonyl (C=O) groups is 1. The van der Waals surface area contributed by atoms with Crippen LogP contribution in [0.5, 0.6) is 0 Å². The highest BCUT2D eigenvalue weighted by Crippen LogP contribution is 2.24. The molecular formula is C13H21N3O2. The summed E-state index contributed by atoms with van der Waals surface area (Å²) in [7, 11) is 0. The van der Waals surface area contributed by atoms with Crippen LogP contribution in [0.4, 0.5) is 5.95 Å². The number of aromatic nitrogens is 2. The number of hydrogen-bond acceptors (Lipinski definition) is 4. The Morgan fingerprint density at radius 3 is 2.28 bits per heavy atom. The van der Waals surface area contributed by atoms with E-state index in [-0.39, 0.29) is 11.1 Å². The highest BCUT2D eigenvalue weighted by atomic mass is 16.4. The normalized spacial score (nSPS) is 11.3. The lowest BCUT2D eigenvalue weighted by molar-refractivity contribution is 0.0695. The van der Waals surface area contributed by atoms with Crippen molar-refractivity contribution in [2.24, 2.45) is 0 Å². The van der Waals surface area contributed by atoms with Gasteiger partial charge in [-0.05, 0) is 26.2 Å². The van der Waals surface area contributed by atoms with Gasteiger partial charge < -0.3 is 10.4 Å². The molecule has 2 N–H and O–H groups in total. The van der Waals surface area contributed by atoms with Crippen LogP contribution in [0.25, 0.3) is 0 Å². The number of hydrogen-bond donors (Lipinski definition) is 2. The molecule has 0 saturated carbocycles. The second-order valence-electron chi connectivity index (χ2n) is 4.46. The van der Waals surface area contributed by atoms with Gasteiger partial charge in [0.1, 0.15) is 0 Å². The molecule has 1 heterocycles. The molecule has 0 spiro atoms. The summed E-state index contributed by atoms with van der Waals surface area (Å²) in [6, 6.07) is 0. The maximum absolute atomic E-state index is 10.9. The molecule has 0 aliphatic rings. The predicted octanol–water partition coefficient (Wildman–Crippen LogP) is 2.86. The molecule has 0 aromatic carbocycles. The van der Waals surface area contributed by atoms with E-state index in [1.807, 2.05) is 0 Å². The molecule has 0 saturated heterocycles. The van der Waals surface area contributed by atoms with Gasteiger partial charge in [0.15, 0.2) is 0 Å². The fourth-order valence-electron chi connectivity index (χ4n) is 1.99. The van der Waals surface area contributed by atoms with E-state index in [0.717, 1.165) is 19.3 Å². The van der Waals surface area contributed by atoms with Crippen molar-refractivity contribution in [2.45, 2.75) is 52.5 Å². The molecule has 0 aliphatic heterocycles. The van der Waals surface area contributed by atoms with Crippen LogP contribution in [0.3, 0.4) is 0 Å². The number of nitrogens with one attached hydrogen (secondary N) is 1. The molecule has 18 heavy (non-hydrogen) atoms. The van der Waals surface area contributed by atoms with E-state index in [2.05, 4.69) is 36.1 Å². The van der Waals surface area contributed by atoms with Crippen molar-refractivity contribution in [1.82, 2.24) is 9.97 Å². The summed E-state index contributed by atoms with van der Waals surface area (Å²) in [5, 5.41) is 12.3. The summed E-state index contributed by atoms with van der Waals surface area (Å²) in [4.78, 5) is 19.2. The Balaban J connectivity index is 2.98. The number of carboxylic acid groups (broad SMARTS) is 1. The molecule has 1 aromatic rings. The van der Waals surface area contributed by atoms with Gasteiger partial charge >= 0.3 is 5.97 Å². The third kappa shape index (κ3) is 2.97. The zero-order valence-corrected chi connectivity index (χ0v) is 11.4. The minimum absolute atomic E-state index is 0.0167. The zero-order chi connectivity index (χ0) is 13.8. The van der Waals surface area contributed by atoms with Gasteiger partial charge in [-0.25, -0.2) is 14.8 Å². The highest BCUT2D eigenvalue weighted by molar-refractivity contribution is 5.88. The van der Waals surface area contributed by atoms with Crippen LogP contribution in [0, 0.1) is 6.92 Å². The lowest BCUT2D eigenvalue weighted by Gasteiger charge is -2.31. The molecule has 0 aliphatic carbocycles. The van der Waals surface area contributed by atoms with Gasteiger partial charge in [-0.1, -0.05) is 20.8 Å². The summed E-state index contributed by atoms with van der Waals surface area (Å²) in [5.74, 6) is -0.491. The molecule has 0 unspecified atom stereocenters. The molecule has 0 atom stereocenters. The van der Waals surface area contributed by atoms with Crippen LogP contribution in [-0.2, 0) is 0 Å². The number of nitrogens with zero attached hydrogens (tertiary/aromatic N) is 2. The first-order valence-electron chi connectivity index (χ1n) is 6.33. The average Bonchev–Trinajstić information content (AvgIpc) is 2.36. The molecule has 5 heteroatoms. The number of aromatic carboxylic acids is 1.